The van der Waals surface area contributed by atoms with E-state index in [-0.39, 0.29) is 22.7 Å². The smallest absolute Gasteiger partial charge is 0.361 e. The first kappa shape index (κ1) is 51.5. The Hall–Kier alpha value is -8.58. The highest BCUT2D eigenvalue weighted by Crippen LogP contribution is 2.46. The Bertz CT molecular complexity index is 4570. The second-order valence-corrected chi connectivity index (χ2v) is 21.6. The summed E-state index contributed by atoms with van der Waals surface area (Å²) in [5.41, 5.74) is 16.1. The Morgan fingerprint density at radius 2 is 0.833 bits per heavy atom. The molecule has 78 heavy (non-hydrogen) atoms. The van der Waals surface area contributed by atoms with Crippen molar-refractivity contribution < 1.29 is 28.5 Å². The van der Waals surface area contributed by atoms with Gasteiger partial charge in [-0.1, -0.05) is 48.5 Å². The quantitative estimate of drug-likeness (QED) is 0.101. The number of aromatic nitrogens is 2. The topological polar surface area (TPSA) is 135 Å². The number of phenols is 2. The summed E-state index contributed by atoms with van der Waals surface area (Å²) in [4.78, 5) is 31.3. The number of rotatable bonds is 10. The van der Waals surface area contributed by atoms with Crippen LogP contribution in [0.4, 0.5) is 0 Å². The molecule has 12 rings (SSSR count). The molecule has 6 heterocycles. The molecule has 2 N–H and O–H groups in total. The third-order valence-electron chi connectivity index (χ3n) is 15.7. The van der Waals surface area contributed by atoms with Gasteiger partial charge in [0.2, 0.25) is 0 Å². The molecule has 0 aliphatic carbocycles. The number of ether oxygens (including phenoxy) is 2. The van der Waals surface area contributed by atoms with Crippen molar-refractivity contribution in [1.29, 1.82) is 0 Å². The Morgan fingerprint density at radius 3 is 1.28 bits per heavy atom. The zero-order valence-corrected chi connectivity index (χ0v) is 46.4. The van der Waals surface area contributed by atoms with Crippen LogP contribution in [0.5, 0.6) is 23.0 Å². The first-order chi connectivity index (χ1) is 37.3. The first-order valence-corrected chi connectivity index (χ1v) is 26.3. The van der Waals surface area contributed by atoms with Gasteiger partial charge in [0, 0.05) is 81.1 Å². The zero-order valence-electron chi connectivity index (χ0n) is 46.4. The average molecular weight is 1040 g/mol. The lowest BCUT2D eigenvalue weighted by atomic mass is 9.95. The number of phenolic OH excluding ortho intramolecular Hbond substituents is 2. The fourth-order valence-electron chi connectivity index (χ4n) is 10.8. The second-order valence-electron chi connectivity index (χ2n) is 21.6. The van der Waals surface area contributed by atoms with Crippen molar-refractivity contribution in [3.8, 4) is 45.3 Å². The second kappa shape index (κ2) is 19.8. The fraction of sp³-hybridized carbons (Fsp3) is 0.242. The van der Waals surface area contributed by atoms with E-state index in [1.54, 1.807) is 0 Å². The molecule has 0 saturated heterocycles. The number of likely N-dealkylation sites (N-methyl/N-ethyl adjacent to an activating group) is 2. The molecule has 12 nitrogen and oxygen atoms in total. The van der Waals surface area contributed by atoms with E-state index in [0.29, 0.717) is 52.1 Å². The number of pyridine rings is 2. The van der Waals surface area contributed by atoms with Crippen LogP contribution in [0.2, 0.25) is 0 Å². The molecular formula is C66H64N4O8. The van der Waals surface area contributed by atoms with Crippen molar-refractivity contribution in [2.75, 3.05) is 54.5 Å². The van der Waals surface area contributed by atoms with Gasteiger partial charge in [0.25, 0.3) is 0 Å². The minimum absolute atomic E-state index is 0.227. The van der Waals surface area contributed by atoms with Crippen LogP contribution in [0, 0.1) is 55.4 Å². The van der Waals surface area contributed by atoms with E-state index in [1.165, 1.54) is 45.5 Å². The van der Waals surface area contributed by atoms with Crippen LogP contribution in [0.1, 0.15) is 44.5 Å². The molecule has 12 heteroatoms. The van der Waals surface area contributed by atoms with Gasteiger partial charge in [-0.3, -0.25) is 0 Å². The number of nitrogens with zero attached hydrogens (tertiary/aromatic N) is 4. The summed E-state index contributed by atoms with van der Waals surface area (Å²) < 4.78 is 28.1. The SMILES string of the molecule is Cc1ccc(-c2c3c4cc(O)c(O)cc4oc(=O)c3n3ccc4cc(C)c(C)cc4c23)cc1C.Cc1ccc(-c2c3c4cc(OCCN(C)C)c(OCCN(C)C)cc4oc(=O)c3n3ccc4cc(C)c(C)cc4c23)cc1C. The normalized spacial score (nSPS) is 12.0. The van der Waals surface area contributed by atoms with Gasteiger partial charge in [-0.2, -0.15) is 0 Å². The Balaban J connectivity index is 0.000000171. The summed E-state index contributed by atoms with van der Waals surface area (Å²) in [6.07, 6.45) is 3.90. The first-order valence-electron chi connectivity index (χ1n) is 26.3. The maximum atomic E-state index is 13.9. The van der Waals surface area contributed by atoms with Crippen molar-refractivity contribution >= 4 is 76.3 Å². The van der Waals surface area contributed by atoms with Crippen LogP contribution in [-0.4, -0.2) is 83.3 Å². The lowest BCUT2D eigenvalue weighted by molar-refractivity contribution is 0.227. The highest BCUT2D eigenvalue weighted by atomic mass is 16.5. The van der Waals surface area contributed by atoms with E-state index < -0.39 is 5.63 Å². The lowest BCUT2D eigenvalue weighted by Crippen LogP contribution is -2.21. The molecule has 0 amide bonds. The van der Waals surface area contributed by atoms with E-state index in [1.807, 2.05) is 67.6 Å². The molecule has 0 bridgehead atoms. The van der Waals surface area contributed by atoms with Crippen molar-refractivity contribution in [3.63, 3.8) is 0 Å². The van der Waals surface area contributed by atoms with Gasteiger partial charge in [-0.05, 0) is 186 Å². The molecule has 0 radical (unpaired) electrons. The maximum absolute atomic E-state index is 13.9. The van der Waals surface area contributed by atoms with Crippen LogP contribution >= 0.6 is 0 Å². The minimum atomic E-state index is -0.499. The molecule has 0 aliphatic rings. The van der Waals surface area contributed by atoms with E-state index >= 15 is 0 Å². The van der Waals surface area contributed by atoms with Gasteiger partial charge >= 0.3 is 11.3 Å². The number of hydrogen-bond donors (Lipinski definition) is 2. The van der Waals surface area contributed by atoms with E-state index in [4.69, 9.17) is 18.3 Å². The van der Waals surface area contributed by atoms with Crippen LogP contribution in [0.25, 0.3) is 98.6 Å². The number of fused-ring (bicyclic) bond motifs is 14. The molecule has 12 aromatic rings. The highest BCUT2D eigenvalue weighted by Gasteiger charge is 2.26. The van der Waals surface area contributed by atoms with Gasteiger partial charge in [0.1, 0.15) is 35.4 Å². The summed E-state index contributed by atoms with van der Waals surface area (Å²) in [5.74, 6) is 0.600. The van der Waals surface area contributed by atoms with E-state index in [0.717, 1.165) is 89.8 Å². The molecule has 0 spiro atoms. The maximum Gasteiger partial charge on any atom is 0.361 e. The fourth-order valence-corrected chi connectivity index (χ4v) is 10.8. The van der Waals surface area contributed by atoms with Gasteiger partial charge in [0.15, 0.2) is 23.0 Å². The van der Waals surface area contributed by atoms with Gasteiger partial charge < -0.3 is 47.1 Å². The summed E-state index contributed by atoms with van der Waals surface area (Å²) in [6.45, 7) is 19.3. The van der Waals surface area contributed by atoms with E-state index in [9.17, 15) is 19.8 Å². The van der Waals surface area contributed by atoms with Crippen LogP contribution in [-0.2, 0) is 0 Å². The molecule has 0 fully saturated rings. The molecule has 0 aliphatic heterocycles. The van der Waals surface area contributed by atoms with Crippen molar-refractivity contribution in [1.82, 2.24) is 18.6 Å². The molecule has 0 atom stereocenters. The van der Waals surface area contributed by atoms with Gasteiger partial charge in [-0.15, -0.1) is 0 Å². The Kier molecular flexibility index (Phi) is 13.1. The van der Waals surface area contributed by atoms with Crippen molar-refractivity contribution in [3.05, 3.63) is 175 Å². The number of hydrogen-bond acceptors (Lipinski definition) is 10. The Morgan fingerprint density at radius 1 is 0.436 bits per heavy atom. The van der Waals surface area contributed by atoms with Crippen LogP contribution in [0.3, 0.4) is 0 Å². The predicted molar refractivity (Wildman–Crippen MR) is 317 cm³/mol. The molecule has 396 valence electrons. The standard InChI is InChI=1S/C37H41N3O4.C29H23NO4/c1-22-9-10-27(18-23(22)2)33-34-29-20-31(42-15-13-38(5)6)32(43-16-14-39(7)8)21-30(29)44-37(41)36(34)40-12-11-26-17-24(3)25(4)19-28(26)35(33)40;1-14-5-6-19(10-15(14)2)25-26-21-12-22(31)23(32)13-24(21)34-29(33)28(26)30-8-7-18-9-16(3)17(4)11-20(18)27(25)30/h9-12,17-21H,13-16H2,1-8H3;5-13,31-32H,1-4H3. The Labute approximate surface area is 451 Å². The lowest BCUT2D eigenvalue weighted by Gasteiger charge is -2.17. The van der Waals surface area contributed by atoms with E-state index in [2.05, 4.69) is 132 Å². The van der Waals surface area contributed by atoms with Gasteiger partial charge in [-0.25, -0.2) is 9.59 Å². The van der Waals surface area contributed by atoms with Crippen molar-refractivity contribution in [2.24, 2.45) is 0 Å². The van der Waals surface area contributed by atoms with Crippen LogP contribution < -0.4 is 20.7 Å². The minimum Gasteiger partial charge on any atom is -0.504 e. The number of aryl methyl sites for hydroxylation is 8. The molecule has 6 aromatic carbocycles. The summed E-state index contributed by atoms with van der Waals surface area (Å²) in [6, 6.07) is 32.3. The molecule has 0 saturated carbocycles. The number of aromatic hydroxyl groups is 2. The zero-order chi connectivity index (χ0) is 55.2. The van der Waals surface area contributed by atoms with Crippen molar-refractivity contribution in [2.45, 2.75) is 55.4 Å². The monoisotopic (exact) mass is 1040 g/mol. The predicted octanol–water partition coefficient (Wildman–Crippen LogP) is 13.8. The number of benzene rings is 6. The third kappa shape index (κ3) is 8.84. The summed E-state index contributed by atoms with van der Waals surface area (Å²) >= 11 is 0. The molecule has 0 unspecified atom stereocenters. The van der Waals surface area contributed by atoms with Crippen LogP contribution in [0.15, 0.2) is 128 Å². The van der Waals surface area contributed by atoms with Gasteiger partial charge in [0.05, 0.1) is 11.0 Å². The average Bonchev–Trinajstić information content (AvgIpc) is 3.20. The molecular weight excluding hydrogens is 977 g/mol. The highest BCUT2D eigenvalue weighted by molar-refractivity contribution is 6.23. The summed E-state index contributed by atoms with van der Waals surface area (Å²) in [7, 11) is 8.05. The molecule has 6 aromatic heterocycles. The largest absolute Gasteiger partial charge is 0.504 e. The summed E-state index contributed by atoms with van der Waals surface area (Å²) in [5, 5.41) is 27.6. The third-order valence-corrected chi connectivity index (χ3v) is 15.7.